The lowest BCUT2D eigenvalue weighted by atomic mass is 9.87. The van der Waals surface area contributed by atoms with Crippen molar-refractivity contribution in [2.75, 3.05) is 0 Å². The van der Waals surface area contributed by atoms with Gasteiger partial charge in [0.05, 0.1) is 11.9 Å². The highest BCUT2D eigenvalue weighted by Crippen LogP contribution is 2.26. The fraction of sp³-hybridized carbons (Fsp3) is 0.611. The molecule has 0 spiro atoms. The lowest BCUT2D eigenvalue weighted by Crippen LogP contribution is -2.34. The fourth-order valence-electron chi connectivity index (χ4n) is 3.40. The molecule has 1 saturated carbocycles. The molecule has 1 aliphatic rings. The number of carbonyl (C=O) groups excluding carboxylic acids is 1. The van der Waals surface area contributed by atoms with Crippen molar-refractivity contribution in [2.24, 2.45) is 5.92 Å². The van der Waals surface area contributed by atoms with E-state index in [2.05, 4.69) is 25.6 Å². The standard InChI is InChI=1S/C18H26N6O/c1-14(11-16-12-19-8-9-20-16)21-18(25)17-13-24(23-22-17)10-7-15-5-3-2-4-6-15/h8-9,12-15H,2-7,10-11H2,1H3,(H,21,25)/t14-/m0/s1. The van der Waals surface area contributed by atoms with Gasteiger partial charge in [0.1, 0.15) is 0 Å². The summed E-state index contributed by atoms with van der Waals surface area (Å²) in [6, 6.07) is -0.0448. The first-order valence-electron chi connectivity index (χ1n) is 9.16. The van der Waals surface area contributed by atoms with E-state index in [0.29, 0.717) is 12.1 Å². The van der Waals surface area contributed by atoms with Crippen LogP contribution < -0.4 is 5.32 Å². The summed E-state index contributed by atoms with van der Waals surface area (Å²) in [6.45, 7) is 2.78. The number of hydrogen-bond donors (Lipinski definition) is 1. The quantitative estimate of drug-likeness (QED) is 0.835. The van der Waals surface area contributed by atoms with Crippen molar-refractivity contribution >= 4 is 5.91 Å². The van der Waals surface area contributed by atoms with Crippen LogP contribution in [0.25, 0.3) is 0 Å². The third-order valence-electron chi connectivity index (χ3n) is 4.77. The molecule has 7 nitrogen and oxygen atoms in total. The monoisotopic (exact) mass is 342 g/mol. The number of hydrogen-bond acceptors (Lipinski definition) is 5. The lowest BCUT2D eigenvalue weighted by Gasteiger charge is -2.20. The van der Waals surface area contributed by atoms with E-state index < -0.39 is 0 Å². The Hall–Kier alpha value is -2.31. The molecule has 1 atom stereocenters. The maximum Gasteiger partial charge on any atom is 0.273 e. The van der Waals surface area contributed by atoms with E-state index in [1.807, 2.05) is 6.92 Å². The fourth-order valence-corrected chi connectivity index (χ4v) is 3.40. The second-order valence-corrected chi connectivity index (χ2v) is 6.93. The predicted octanol–water partition coefficient (Wildman–Crippen LogP) is 2.40. The average Bonchev–Trinajstić information content (AvgIpc) is 3.11. The van der Waals surface area contributed by atoms with Crippen molar-refractivity contribution < 1.29 is 4.79 Å². The van der Waals surface area contributed by atoms with Crippen LogP contribution in [0.3, 0.4) is 0 Å². The Morgan fingerprint density at radius 2 is 2.16 bits per heavy atom. The van der Waals surface area contributed by atoms with E-state index in [-0.39, 0.29) is 11.9 Å². The zero-order valence-electron chi connectivity index (χ0n) is 14.8. The highest BCUT2D eigenvalue weighted by molar-refractivity contribution is 5.92. The van der Waals surface area contributed by atoms with E-state index in [1.54, 1.807) is 29.5 Å². The van der Waals surface area contributed by atoms with Crippen LogP contribution in [0.5, 0.6) is 0 Å². The summed E-state index contributed by atoms with van der Waals surface area (Å²) in [6.07, 6.45) is 15.2. The summed E-state index contributed by atoms with van der Waals surface area (Å²) in [5.74, 6) is 0.600. The molecule has 2 aromatic heterocycles. The first kappa shape index (κ1) is 17.5. The number of aryl methyl sites for hydroxylation is 1. The topological polar surface area (TPSA) is 85.6 Å². The minimum atomic E-state index is -0.194. The molecule has 0 aliphatic heterocycles. The first-order valence-corrected chi connectivity index (χ1v) is 9.16. The molecule has 25 heavy (non-hydrogen) atoms. The molecule has 0 aromatic carbocycles. The SMILES string of the molecule is C[C@@H](Cc1cnccn1)NC(=O)c1cn(CCC2CCCCC2)nn1. The number of aromatic nitrogens is 5. The Morgan fingerprint density at radius 1 is 1.32 bits per heavy atom. The van der Waals surface area contributed by atoms with E-state index in [4.69, 9.17) is 0 Å². The molecule has 1 amide bonds. The van der Waals surface area contributed by atoms with E-state index >= 15 is 0 Å². The van der Waals surface area contributed by atoms with Crippen LogP contribution in [0.1, 0.15) is 61.6 Å². The summed E-state index contributed by atoms with van der Waals surface area (Å²) >= 11 is 0. The van der Waals surface area contributed by atoms with Gasteiger partial charge in [0, 0.05) is 37.6 Å². The Balaban J connectivity index is 1.46. The number of rotatable bonds is 7. The number of carbonyl (C=O) groups is 1. The van der Waals surface area contributed by atoms with Crippen LogP contribution in [-0.4, -0.2) is 36.9 Å². The van der Waals surface area contributed by atoms with Gasteiger partial charge in [0.25, 0.3) is 5.91 Å². The molecule has 0 unspecified atom stereocenters. The molecular formula is C18H26N6O. The molecule has 134 valence electrons. The molecule has 7 heteroatoms. The smallest absolute Gasteiger partial charge is 0.273 e. The zero-order valence-corrected chi connectivity index (χ0v) is 14.8. The van der Waals surface area contributed by atoms with Gasteiger partial charge in [-0.25, -0.2) is 0 Å². The van der Waals surface area contributed by atoms with Gasteiger partial charge in [0.2, 0.25) is 0 Å². The van der Waals surface area contributed by atoms with E-state index in [0.717, 1.165) is 24.6 Å². The normalized spacial score (nSPS) is 16.5. The van der Waals surface area contributed by atoms with E-state index in [1.165, 1.54) is 32.1 Å². The Bertz CT molecular complexity index is 665. The van der Waals surface area contributed by atoms with Crippen molar-refractivity contribution in [1.29, 1.82) is 0 Å². The van der Waals surface area contributed by atoms with Crippen LogP contribution >= 0.6 is 0 Å². The zero-order chi connectivity index (χ0) is 17.5. The van der Waals surface area contributed by atoms with Crippen LogP contribution in [0.2, 0.25) is 0 Å². The van der Waals surface area contributed by atoms with Crippen molar-refractivity contribution in [3.05, 3.63) is 36.2 Å². The van der Waals surface area contributed by atoms with Crippen LogP contribution in [0.4, 0.5) is 0 Å². The second kappa shape index (κ2) is 8.69. The van der Waals surface area contributed by atoms with Gasteiger partial charge in [-0.3, -0.25) is 19.4 Å². The highest BCUT2D eigenvalue weighted by atomic mass is 16.2. The minimum Gasteiger partial charge on any atom is -0.348 e. The molecule has 2 heterocycles. The van der Waals surface area contributed by atoms with Crippen LogP contribution in [-0.2, 0) is 13.0 Å². The summed E-state index contributed by atoms with van der Waals surface area (Å²) in [7, 11) is 0. The summed E-state index contributed by atoms with van der Waals surface area (Å²) in [5, 5.41) is 11.1. The summed E-state index contributed by atoms with van der Waals surface area (Å²) in [4.78, 5) is 20.6. The number of amides is 1. The summed E-state index contributed by atoms with van der Waals surface area (Å²) < 4.78 is 1.79. The predicted molar refractivity (Wildman–Crippen MR) is 93.9 cm³/mol. The van der Waals surface area contributed by atoms with Crippen molar-refractivity contribution in [1.82, 2.24) is 30.3 Å². The van der Waals surface area contributed by atoms with Gasteiger partial charge >= 0.3 is 0 Å². The van der Waals surface area contributed by atoms with Gasteiger partial charge in [-0.15, -0.1) is 5.10 Å². The summed E-state index contributed by atoms with van der Waals surface area (Å²) in [5.41, 5.74) is 1.22. The largest absolute Gasteiger partial charge is 0.348 e. The number of nitrogens with one attached hydrogen (secondary N) is 1. The maximum atomic E-state index is 12.3. The molecule has 2 aromatic rings. The first-order chi connectivity index (χ1) is 12.2. The van der Waals surface area contributed by atoms with Crippen LogP contribution in [0.15, 0.2) is 24.8 Å². The van der Waals surface area contributed by atoms with Gasteiger partial charge in [0.15, 0.2) is 5.69 Å². The molecule has 3 rings (SSSR count). The number of nitrogens with zero attached hydrogens (tertiary/aromatic N) is 5. The Kier molecular flexibility index (Phi) is 6.09. The highest BCUT2D eigenvalue weighted by Gasteiger charge is 2.16. The Labute approximate surface area is 148 Å². The lowest BCUT2D eigenvalue weighted by molar-refractivity contribution is 0.0935. The van der Waals surface area contributed by atoms with Gasteiger partial charge < -0.3 is 5.32 Å². The van der Waals surface area contributed by atoms with Gasteiger partial charge in [-0.2, -0.15) is 0 Å². The van der Waals surface area contributed by atoms with Crippen molar-refractivity contribution in [3.63, 3.8) is 0 Å². The maximum absolute atomic E-state index is 12.3. The third kappa shape index (κ3) is 5.34. The minimum absolute atomic E-state index is 0.0448. The molecule has 0 bridgehead atoms. The van der Waals surface area contributed by atoms with Gasteiger partial charge in [-0.1, -0.05) is 37.3 Å². The molecule has 0 radical (unpaired) electrons. The van der Waals surface area contributed by atoms with Crippen LogP contribution in [0, 0.1) is 5.92 Å². The van der Waals surface area contributed by atoms with Crippen molar-refractivity contribution in [2.45, 2.75) is 64.5 Å². The third-order valence-corrected chi connectivity index (χ3v) is 4.77. The molecule has 1 N–H and O–H groups in total. The van der Waals surface area contributed by atoms with Gasteiger partial charge in [-0.05, 0) is 19.3 Å². The Morgan fingerprint density at radius 3 is 2.92 bits per heavy atom. The average molecular weight is 342 g/mol. The van der Waals surface area contributed by atoms with E-state index in [9.17, 15) is 4.79 Å². The molecule has 1 fully saturated rings. The molecule has 0 saturated heterocycles. The van der Waals surface area contributed by atoms with Crippen molar-refractivity contribution in [3.8, 4) is 0 Å². The second-order valence-electron chi connectivity index (χ2n) is 6.93. The molecule has 1 aliphatic carbocycles. The molecular weight excluding hydrogens is 316 g/mol.